The van der Waals surface area contributed by atoms with Gasteiger partial charge in [-0.15, -0.1) is 0 Å². The normalized spacial score (nSPS) is 10.5. The van der Waals surface area contributed by atoms with Gasteiger partial charge in [-0.1, -0.05) is 11.3 Å². The largest absolute Gasteiger partial charge is 0.493 e. The molecule has 0 atom stereocenters. The lowest BCUT2D eigenvalue weighted by atomic mass is 10.2. The van der Waals surface area contributed by atoms with Gasteiger partial charge in [-0.3, -0.25) is 0 Å². The molecule has 0 spiro atoms. The first-order valence-corrected chi connectivity index (χ1v) is 7.91. The maximum absolute atomic E-state index is 5.35. The predicted molar refractivity (Wildman–Crippen MR) is 88.7 cm³/mol. The van der Waals surface area contributed by atoms with Crippen molar-refractivity contribution < 1.29 is 14.2 Å². The fourth-order valence-electron chi connectivity index (χ4n) is 1.78. The van der Waals surface area contributed by atoms with Crippen LogP contribution in [0.25, 0.3) is 10.4 Å². The highest BCUT2D eigenvalue weighted by molar-refractivity contribution is 9.10. The Morgan fingerprint density at radius 2 is 1.90 bits per heavy atom. The molecule has 21 heavy (non-hydrogen) atoms. The molecule has 0 fully saturated rings. The van der Waals surface area contributed by atoms with Crippen LogP contribution in [0.1, 0.15) is 0 Å². The average Bonchev–Trinajstić information content (AvgIpc) is 2.95. The lowest BCUT2D eigenvalue weighted by Crippen LogP contribution is -2.06. The maximum Gasteiger partial charge on any atom is 0.183 e. The molecule has 0 saturated heterocycles. The van der Waals surface area contributed by atoms with Crippen molar-refractivity contribution in [3.8, 4) is 21.9 Å². The lowest BCUT2D eigenvalue weighted by Gasteiger charge is -2.10. The quantitative estimate of drug-likeness (QED) is 0.751. The topological polar surface area (TPSA) is 52.6 Å². The molecule has 0 aliphatic heterocycles. The Morgan fingerprint density at radius 1 is 1.19 bits per heavy atom. The van der Waals surface area contributed by atoms with Crippen molar-refractivity contribution in [2.24, 2.45) is 0 Å². The summed E-state index contributed by atoms with van der Waals surface area (Å²) in [7, 11) is 4.92. The minimum absolute atomic E-state index is 0.648. The highest BCUT2D eigenvalue weighted by atomic mass is 79.9. The maximum atomic E-state index is 5.35. The van der Waals surface area contributed by atoms with E-state index in [0.717, 1.165) is 26.6 Å². The lowest BCUT2D eigenvalue weighted by molar-refractivity contribution is 0.211. The second-order valence-electron chi connectivity index (χ2n) is 4.14. The Morgan fingerprint density at radius 3 is 2.57 bits per heavy atom. The van der Waals surface area contributed by atoms with E-state index in [4.69, 9.17) is 14.2 Å². The molecule has 0 aliphatic carbocycles. The Balaban J connectivity index is 2.25. The highest BCUT2D eigenvalue weighted by Gasteiger charge is 2.13. The Bertz CT molecular complexity index is 604. The van der Waals surface area contributed by atoms with E-state index in [1.807, 2.05) is 18.3 Å². The molecule has 5 nitrogen and oxygen atoms in total. The van der Waals surface area contributed by atoms with Crippen LogP contribution in [0.2, 0.25) is 0 Å². The monoisotopic (exact) mass is 372 g/mol. The van der Waals surface area contributed by atoms with Crippen LogP contribution in [-0.4, -0.2) is 39.5 Å². The van der Waals surface area contributed by atoms with Gasteiger partial charge in [0.25, 0.3) is 0 Å². The van der Waals surface area contributed by atoms with Crippen LogP contribution in [0.15, 0.2) is 22.8 Å². The number of benzene rings is 1. The van der Waals surface area contributed by atoms with Gasteiger partial charge in [-0.2, -0.15) is 0 Å². The molecule has 114 valence electrons. The number of nitrogens with zero attached hydrogens (tertiary/aromatic N) is 1. The van der Waals surface area contributed by atoms with E-state index in [1.54, 1.807) is 32.7 Å². The number of nitrogens with one attached hydrogen (secondary N) is 1. The van der Waals surface area contributed by atoms with Gasteiger partial charge >= 0.3 is 0 Å². The van der Waals surface area contributed by atoms with Crippen LogP contribution in [0.5, 0.6) is 11.5 Å². The van der Waals surface area contributed by atoms with Gasteiger partial charge in [0.15, 0.2) is 16.6 Å². The minimum atomic E-state index is 0.648. The zero-order valence-electron chi connectivity index (χ0n) is 12.1. The second-order valence-corrected chi connectivity index (χ2v) is 6.02. The second kappa shape index (κ2) is 7.63. The minimum Gasteiger partial charge on any atom is -0.493 e. The van der Waals surface area contributed by atoms with E-state index >= 15 is 0 Å². The molecule has 7 heteroatoms. The number of rotatable bonds is 7. The van der Waals surface area contributed by atoms with Crippen molar-refractivity contribution in [2.45, 2.75) is 0 Å². The summed E-state index contributed by atoms with van der Waals surface area (Å²) in [5, 5.41) is 4.08. The summed E-state index contributed by atoms with van der Waals surface area (Å²) in [6, 6.07) is 3.83. The molecule has 0 aliphatic rings. The number of hydrogen-bond acceptors (Lipinski definition) is 6. The average molecular weight is 373 g/mol. The van der Waals surface area contributed by atoms with Crippen molar-refractivity contribution in [1.29, 1.82) is 0 Å². The highest BCUT2D eigenvalue weighted by Crippen LogP contribution is 2.40. The third kappa shape index (κ3) is 3.87. The van der Waals surface area contributed by atoms with Crippen molar-refractivity contribution in [1.82, 2.24) is 4.98 Å². The number of aromatic nitrogens is 1. The summed E-state index contributed by atoms with van der Waals surface area (Å²) < 4.78 is 16.6. The van der Waals surface area contributed by atoms with Gasteiger partial charge in [0.05, 0.1) is 25.7 Å². The number of thiazole rings is 1. The molecule has 1 heterocycles. The number of hydrogen-bond donors (Lipinski definition) is 1. The molecule has 1 aromatic heterocycles. The standard InChI is InChI=1S/C14H17BrN2O3S/c1-18-5-4-16-14-17-8-13(21-14)9-6-11(19-2)12(20-3)7-10(9)15/h6-8H,4-5H2,1-3H3,(H,16,17). The number of ether oxygens (including phenoxy) is 3. The summed E-state index contributed by atoms with van der Waals surface area (Å²) in [4.78, 5) is 5.41. The number of halogens is 1. The molecule has 0 radical (unpaired) electrons. The predicted octanol–water partition coefficient (Wildman–Crippen LogP) is 3.65. The molecule has 0 bridgehead atoms. The molecule has 2 aromatic rings. The molecular formula is C14H17BrN2O3S. The van der Waals surface area contributed by atoms with Crippen molar-refractivity contribution in [2.75, 3.05) is 39.8 Å². The Labute approximate surface area is 136 Å². The summed E-state index contributed by atoms with van der Waals surface area (Å²) in [5.41, 5.74) is 1.02. The van der Waals surface area contributed by atoms with E-state index in [1.165, 1.54) is 0 Å². The molecule has 2 rings (SSSR count). The van der Waals surface area contributed by atoms with Gasteiger partial charge in [-0.25, -0.2) is 4.98 Å². The SMILES string of the molecule is COCCNc1ncc(-c2cc(OC)c(OC)cc2Br)s1. The third-order valence-electron chi connectivity index (χ3n) is 2.83. The Hall–Kier alpha value is -1.31. The van der Waals surface area contributed by atoms with Crippen LogP contribution in [-0.2, 0) is 4.74 Å². The third-order valence-corrected chi connectivity index (χ3v) is 4.47. The molecule has 1 N–H and O–H groups in total. The Kier molecular flexibility index (Phi) is 5.84. The van der Waals surface area contributed by atoms with Crippen LogP contribution in [0.4, 0.5) is 5.13 Å². The van der Waals surface area contributed by atoms with Crippen LogP contribution in [0, 0.1) is 0 Å². The first kappa shape index (κ1) is 16.1. The van der Waals surface area contributed by atoms with E-state index < -0.39 is 0 Å². The molecule has 0 amide bonds. The summed E-state index contributed by atoms with van der Waals surface area (Å²) in [6.07, 6.45) is 1.84. The zero-order chi connectivity index (χ0) is 15.2. The molecule has 0 saturated carbocycles. The summed E-state index contributed by atoms with van der Waals surface area (Å²) in [6.45, 7) is 1.38. The molecule has 0 unspecified atom stereocenters. The molecular weight excluding hydrogens is 356 g/mol. The van der Waals surface area contributed by atoms with Gasteiger partial charge in [0.2, 0.25) is 0 Å². The van der Waals surface area contributed by atoms with Gasteiger partial charge < -0.3 is 19.5 Å². The number of anilines is 1. The van der Waals surface area contributed by atoms with Crippen LogP contribution < -0.4 is 14.8 Å². The van der Waals surface area contributed by atoms with E-state index in [9.17, 15) is 0 Å². The van der Waals surface area contributed by atoms with Crippen molar-refractivity contribution in [3.05, 3.63) is 22.8 Å². The first-order chi connectivity index (χ1) is 10.2. The zero-order valence-corrected chi connectivity index (χ0v) is 14.5. The summed E-state index contributed by atoms with van der Waals surface area (Å²) in [5.74, 6) is 1.38. The fourth-order valence-corrected chi connectivity index (χ4v) is 3.32. The number of methoxy groups -OCH3 is 3. The van der Waals surface area contributed by atoms with E-state index in [-0.39, 0.29) is 0 Å². The van der Waals surface area contributed by atoms with Crippen molar-refractivity contribution >= 4 is 32.4 Å². The van der Waals surface area contributed by atoms with Crippen molar-refractivity contribution in [3.63, 3.8) is 0 Å². The van der Waals surface area contributed by atoms with Crippen LogP contribution in [0.3, 0.4) is 0 Å². The van der Waals surface area contributed by atoms with Crippen LogP contribution >= 0.6 is 27.3 Å². The smallest absolute Gasteiger partial charge is 0.183 e. The van der Waals surface area contributed by atoms with Gasteiger partial charge in [-0.05, 0) is 28.1 Å². The van der Waals surface area contributed by atoms with Gasteiger partial charge in [0, 0.05) is 29.9 Å². The van der Waals surface area contributed by atoms with E-state index in [2.05, 4.69) is 26.2 Å². The fraction of sp³-hybridized carbons (Fsp3) is 0.357. The molecule has 1 aromatic carbocycles. The first-order valence-electron chi connectivity index (χ1n) is 6.30. The summed E-state index contributed by atoms with van der Waals surface area (Å²) >= 11 is 5.14. The van der Waals surface area contributed by atoms with E-state index in [0.29, 0.717) is 18.1 Å². The van der Waals surface area contributed by atoms with Gasteiger partial charge in [0.1, 0.15) is 0 Å².